The van der Waals surface area contributed by atoms with E-state index in [1.807, 2.05) is 25.1 Å². The van der Waals surface area contributed by atoms with Crippen LogP contribution in [-0.2, 0) is 14.8 Å². The molecule has 1 aliphatic heterocycles. The fraction of sp³-hybridized carbons (Fsp3) is 0.235. The number of rotatable bonds is 3. The zero-order valence-corrected chi connectivity index (χ0v) is 15.5. The minimum absolute atomic E-state index is 0.179. The molecular weight excluding hydrogens is 392 g/mol. The number of hydrogen-bond acceptors (Lipinski definition) is 3. The summed E-state index contributed by atoms with van der Waals surface area (Å²) in [6, 6.07) is 13.0. The van der Waals surface area contributed by atoms with Crippen LogP contribution in [0.4, 0.5) is 0 Å². The van der Waals surface area contributed by atoms with E-state index in [-0.39, 0.29) is 17.3 Å². The van der Waals surface area contributed by atoms with Crippen molar-refractivity contribution in [2.75, 3.05) is 13.1 Å². The number of amides is 1. The molecule has 126 valence electrons. The molecule has 1 aliphatic rings. The third kappa shape index (κ3) is 3.24. The van der Waals surface area contributed by atoms with Crippen LogP contribution in [0, 0.1) is 6.92 Å². The van der Waals surface area contributed by atoms with Gasteiger partial charge in [-0.2, -0.15) is 4.31 Å². The second-order valence-electron chi connectivity index (χ2n) is 5.68. The number of sulfonamides is 1. The number of carbonyl (C=O) groups excluding carboxylic acids is 1. The first kappa shape index (κ1) is 17.1. The molecule has 24 heavy (non-hydrogen) atoms. The molecule has 0 radical (unpaired) electrons. The van der Waals surface area contributed by atoms with Crippen molar-refractivity contribution in [3.05, 3.63) is 64.1 Å². The summed E-state index contributed by atoms with van der Waals surface area (Å²) in [6.45, 7) is 2.46. The van der Waals surface area contributed by atoms with Gasteiger partial charge in [0.15, 0.2) is 0 Å². The van der Waals surface area contributed by atoms with Crippen LogP contribution in [0.3, 0.4) is 0 Å². The Morgan fingerprint density at radius 2 is 1.88 bits per heavy atom. The van der Waals surface area contributed by atoms with Crippen molar-refractivity contribution < 1.29 is 13.2 Å². The maximum atomic E-state index is 13.0. The van der Waals surface area contributed by atoms with Gasteiger partial charge >= 0.3 is 0 Å². The molecule has 1 N–H and O–H groups in total. The highest BCUT2D eigenvalue weighted by molar-refractivity contribution is 9.10. The van der Waals surface area contributed by atoms with Crippen LogP contribution >= 0.6 is 15.9 Å². The molecule has 2 aromatic rings. The van der Waals surface area contributed by atoms with Gasteiger partial charge in [0.2, 0.25) is 15.9 Å². The van der Waals surface area contributed by atoms with E-state index in [9.17, 15) is 13.2 Å². The molecule has 0 aromatic heterocycles. The molecular formula is C17H17BrN2O3S. The first-order chi connectivity index (χ1) is 11.4. The Kier molecular flexibility index (Phi) is 4.76. The predicted molar refractivity (Wildman–Crippen MR) is 95.0 cm³/mol. The van der Waals surface area contributed by atoms with Crippen LogP contribution in [0.1, 0.15) is 17.2 Å². The third-order valence-corrected chi connectivity index (χ3v) is 6.35. The number of hydrogen-bond donors (Lipinski definition) is 1. The summed E-state index contributed by atoms with van der Waals surface area (Å²) in [7, 11) is -3.77. The molecule has 1 saturated heterocycles. The van der Waals surface area contributed by atoms with Crippen molar-refractivity contribution in [2.45, 2.75) is 17.9 Å². The van der Waals surface area contributed by atoms with Gasteiger partial charge in [-0.15, -0.1) is 0 Å². The number of nitrogens with one attached hydrogen (secondary N) is 1. The van der Waals surface area contributed by atoms with Gasteiger partial charge in [0.25, 0.3) is 0 Å². The smallest absolute Gasteiger partial charge is 0.244 e. The Balaban J connectivity index is 2.06. The van der Waals surface area contributed by atoms with Gasteiger partial charge in [-0.25, -0.2) is 8.42 Å². The summed E-state index contributed by atoms with van der Waals surface area (Å²) < 4.78 is 28.2. The standard InChI is InChI=1S/C17H17BrN2O3S/c1-12-3-2-4-13(11-12)16-17(21)19-9-10-20(16)24(22,23)15-7-5-14(18)6-8-15/h2-8,11,16H,9-10H2,1H3,(H,19,21). The van der Waals surface area contributed by atoms with Gasteiger partial charge in [0.05, 0.1) is 4.90 Å². The molecule has 0 bridgehead atoms. The van der Waals surface area contributed by atoms with E-state index >= 15 is 0 Å². The summed E-state index contributed by atoms with van der Waals surface area (Å²) in [5, 5.41) is 2.76. The molecule has 2 aromatic carbocycles. The molecule has 1 heterocycles. The second-order valence-corrected chi connectivity index (χ2v) is 8.48. The molecule has 1 amide bonds. The van der Waals surface area contributed by atoms with Crippen LogP contribution in [0.5, 0.6) is 0 Å². The van der Waals surface area contributed by atoms with Gasteiger partial charge in [0.1, 0.15) is 6.04 Å². The Bertz CT molecular complexity index is 866. The molecule has 1 atom stereocenters. The average molecular weight is 409 g/mol. The van der Waals surface area contributed by atoms with E-state index in [0.29, 0.717) is 12.1 Å². The molecule has 0 spiro atoms. The highest BCUT2D eigenvalue weighted by Gasteiger charge is 2.39. The van der Waals surface area contributed by atoms with Crippen LogP contribution in [0.15, 0.2) is 57.9 Å². The third-order valence-electron chi connectivity index (χ3n) is 3.95. The lowest BCUT2D eigenvalue weighted by molar-refractivity contribution is -0.126. The normalized spacial score (nSPS) is 19.1. The summed E-state index contributed by atoms with van der Waals surface area (Å²) in [5.74, 6) is -0.299. The lowest BCUT2D eigenvalue weighted by atomic mass is 10.0. The monoisotopic (exact) mass is 408 g/mol. The van der Waals surface area contributed by atoms with E-state index in [4.69, 9.17) is 0 Å². The van der Waals surface area contributed by atoms with Crippen molar-refractivity contribution in [3.8, 4) is 0 Å². The van der Waals surface area contributed by atoms with Gasteiger partial charge in [-0.3, -0.25) is 4.79 Å². The number of nitrogens with zero attached hydrogens (tertiary/aromatic N) is 1. The highest BCUT2D eigenvalue weighted by atomic mass is 79.9. The average Bonchev–Trinajstić information content (AvgIpc) is 2.55. The maximum absolute atomic E-state index is 13.0. The van der Waals surface area contributed by atoms with Crippen molar-refractivity contribution in [2.24, 2.45) is 0 Å². The number of benzene rings is 2. The van der Waals surface area contributed by atoms with E-state index in [2.05, 4.69) is 21.2 Å². The topological polar surface area (TPSA) is 66.5 Å². The van der Waals surface area contributed by atoms with E-state index in [1.54, 1.807) is 30.3 Å². The minimum Gasteiger partial charge on any atom is -0.353 e. The van der Waals surface area contributed by atoms with Gasteiger partial charge < -0.3 is 5.32 Å². The van der Waals surface area contributed by atoms with E-state index < -0.39 is 16.1 Å². The molecule has 0 aliphatic carbocycles. The summed E-state index contributed by atoms with van der Waals surface area (Å²) in [6.07, 6.45) is 0. The minimum atomic E-state index is -3.77. The van der Waals surface area contributed by atoms with Crippen LogP contribution in [0.25, 0.3) is 0 Å². The second kappa shape index (κ2) is 6.66. The van der Waals surface area contributed by atoms with Crippen molar-refractivity contribution in [3.63, 3.8) is 0 Å². The molecule has 1 unspecified atom stereocenters. The number of halogens is 1. The zero-order valence-electron chi connectivity index (χ0n) is 13.1. The number of aryl methyl sites for hydroxylation is 1. The maximum Gasteiger partial charge on any atom is 0.244 e. The summed E-state index contributed by atoms with van der Waals surface area (Å²) in [5.41, 5.74) is 1.65. The first-order valence-corrected chi connectivity index (χ1v) is 9.74. The van der Waals surface area contributed by atoms with Gasteiger partial charge in [0, 0.05) is 17.6 Å². The molecule has 5 nitrogen and oxygen atoms in total. The van der Waals surface area contributed by atoms with Crippen LogP contribution in [-0.4, -0.2) is 31.7 Å². The first-order valence-electron chi connectivity index (χ1n) is 7.51. The largest absolute Gasteiger partial charge is 0.353 e. The Morgan fingerprint density at radius 1 is 1.17 bits per heavy atom. The predicted octanol–water partition coefficient (Wildman–Crippen LogP) is 2.62. The van der Waals surface area contributed by atoms with Crippen molar-refractivity contribution in [1.29, 1.82) is 0 Å². The molecule has 3 rings (SSSR count). The Labute approximate surface area is 149 Å². The molecule has 7 heteroatoms. The molecule has 0 saturated carbocycles. The SMILES string of the molecule is Cc1cccc(C2C(=O)NCCN2S(=O)(=O)c2ccc(Br)cc2)c1. The van der Waals surface area contributed by atoms with Crippen LogP contribution < -0.4 is 5.32 Å². The van der Waals surface area contributed by atoms with Crippen LogP contribution in [0.2, 0.25) is 0 Å². The summed E-state index contributed by atoms with van der Waals surface area (Å²) >= 11 is 3.30. The number of piperazine rings is 1. The Hall–Kier alpha value is -1.70. The lowest BCUT2D eigenvalue weighted by Crippen LogP contribution is -2.52. The summed E-state index contributed by atoms with van der Waals surface area (Å²) in [4.78, 5) is 12.6. The Morgan fingerprint density at radius 3 is 2.54 bits per heavy atom. The van der Waals surface area contributed by atoms with Gasteiger partial charge in [-0.1, -0.05) is 45.8 Å². The van der Waals surface area contributed by atoms with E-state index in [1.165, 1.54) is 4.31 Å². The quantitative estimate of drug-likeness (QED) is 0.848. The highest BCUT2D eigenvalue weighted by Crippen LogP contribution is 2.30. The fourth-order valence-corrected chi connectivity index (χ4v) is 4.65. The fourth-order valence-electron chi connectivity index (χ4n) is 2.80. The lowest BCUT2D eigenvalue weighted by Gasteiger charge is -2.34. The van der Waals surface area contributed by atoms with Crippen molar-refractivity contribution >= 4 is 31.9 Å². The van der Waals surface area contributed by atoms with Gasteiger partial charge in [-0.05, 0) is 36.8 Å². The number of carbonyl (C=O) groups is 1. The molecule has 1 fully saturated rings. The van der Waals surface area contributed by atoms with Crippen molar-refractivity contribution in [1.82, 2.24) is 9.62 Å². The zero-order chi connectivity index (χ0) is 17.3. The van der Waals surface area contributed by atoms with E-state index in [0.717, 1.165) is 10.0 Å².